The lowest BCUT2D eigenvalue weighted by Gasteiger charge is -2.08. The molecule has 5 heteroatoms. The van der Waals surface area contributed by atoms with Crippen LogP contribution in [0.2, 0.25) is 0 Å². The zero-order valence-corrected chi connectivity index (χ0v) is 13.2. The Hall–Kier alpha value is -1.33. The summed E-state index contributed by atoms with van der Waals surface area (Å²) in [4.78, 5) is 13.1. The van der Waals surface area contributed by atoms with Gasteiger partial charge in [-0.05, 0) is 52.7 Å². The van der Waals surface area contributed by atoms with E-state index in [4.69, 9.17) is 9.47 Å². The summed E-state index contributed by atoms with van der Waals surface area (Å²) in [6.07, 6.45) is 0. The first kappa shape index (κ1) is 14.1. The van der Waals surface area contributed by atoms with Crippen molar-refractivity contribution in [3.8, 4) is 11.5 Å². The van der Waals surface area contributed by atoms with Crippen LogP contribution >= 0.6 is 27.3 Å². The van der Waals surface area contributed by atoms with Crippen LogP contribution in [0.5, 0.6) is 11.5 Å². The number of carbonyl (C=O) groups is 1. The van der Waals surface area contributed by atoms with Crippen LogP contribution in [0.1, 0.15) is 20.8 Å². The second-order valence-corrected chi connectivity index (χ2v) is 6.34. The Morgan fingerprint density at radius 2 is 1.84 bits per heavy atom. The molecule has 1 aromatic heterocycles. The molecule has 0 aliphatic heterocycles. The molecule has 0 atom stereocenters. The van der Waals surface area contributed by atoms with Crippen molar-refractivity contribution in [2.45, 2.75) is 6.92 Å². The van der Waals surface area contributed by atoms with Gasteiger partial charge in [-0.25, -0.2) is 0 Å². The van der Waals surface area contributed by atoms with Gasteiger partial charge in [-0.1, -0.05) is 0 Å². The fourth-order valence-corrected chi connectivity index (χ4v) is 3.19. The van der Waals surface area contributed by atoms with Crippen molar-refractivity contribution in [3.63, 3.8) is 0 Å². The van der Waals surface area contributed by atoms with Gasteiger partial charge in [0, 0.05) is 5.56 Å². The highest BCUT2D eigenvalue weighted by Gasteiger charge is 2.15. The van der Waals surface area contributed by atoms with E-state index in [9.17, 15) is 4.79 Å². The van der Waals surface area contributed by atoms with E-state index in [1.165, 1.54) is 11.3 Å². The van der Waals surface area contributed by atoms with Crippen LogP contribution in [0.25, 0.3) is 0 Å². The first-order valence-electron chi connectivity index (χ1n) is 5.59. The van der Waals surface area contributed by atoms with E-state index in [1.54, 1.807) is 32.4 Å². The first-order chi connectivity index (χ1) is 9.06. The maximum Gasteiger partial charge on any atom is 0.203 e. The Labute approximate surface area is 124 Å². The van der Waals surface area contributed by atoms with Crippen LogP contribution in [-0.4, -0.2) is 20.0 Å². The molecule has 0 saturated carbocycles. The third-order valence-electron chi connectivity index (χ3n) is 2.73. The molecule has 0 fully saturated rings. The number of aryl methyl sites for hydroxylation is 1. The molecule has 100 valence electrons. The summed E-state index contributed by atoms with van der Waals surface area (Å²) in [6, 6.07) is 7.06. The lowest BCUT2D eigenvalue weighted by Crippen LogP contribution is -2.00. The number of benzene rings is 1. The molecular formula is C14H13BrO3S. The van der Waals surface area contributed by atoms with Gasteiger partial charge in [-0.15, -0.1) is 11.3 Å². The van der Waals surface area contributed by atoms with E-state index in [2.05, 4.69) is 15.9 Å². The minimum Gasteiger partial charge on any atom is -0.493 e. The fraction of sp³-hybridized carbons (Fsp3) is 0.214. The summed E-state index contributed by atoms with van der Waals surface area (Å²) in [7, 11) is 3.12. The highest BCUT2D eigenvalue weighted by Crippen LogP contribution is 2.32. The van der Waals surface area contributed by atoms with E-state index in [0.29, 0.717) is 21.9 Å². The second kappa shape index (κ2) is 5.75. The number of rotatable bonds is 4. The van der Waals surface area contributed by atoms with E-state index >= 15 is 0 Å². The predicted molar refractivity (Wildman–Crippen MR) is 79.7 cm³/mol. The lowest BCUT2D eigenvalue weighted by atomic mass is 10.1. The Morgan fingerprint density at radius 3 is 2.37 bits per heavy atom. The predicted octanol–water partition coefficient (Wildman–Crippen LogP) is 4.07. The zero-order valence-electron chi connectivity index (χ0n) is 10.8. The average molecular weight is 341 g/mol. The molecule has 0 amide bonds. The molecule has 0 unspecified atom stereocenters. The normalized spacial score (nSPS) is 10.3. The van der Waals surface area contributed by atoms with Gasteiger partial charge in [0.1, 0.15) is 0 Å². The highest BCUT2D eigenvalue weighted by atomic mass is 79.9. The van der Waals surface area contributed by atoms with Gasteiger partial charge in [-0.3, -0.25) is 4.79 Å². The molecule has 3 nitrogen and oxygen atoms in total. The van der Waals surface area contributed by atoms with Crippen LogP contribution < -0.4 is 9.47 Å². The Balaban J connectivity index is 2.39. The van der Waals surface area contributed by atoms with Gasteiger partial charge in [0.15, 0.2) is 11.5 Å². The molecule has 0 saturated heterocycles. The van der Waals surface area contributed by atoms with E-state index in [0.717, 1.165) is 9.35 Å². The van der Waals surface area contributed by atoms with Crippen molar-refractivity contribution in [1.82, 2.24) is 0 Å². The number of thiophene rings is 1. The Bertz CT molecular complexity index is 600. The molecule has 2 aromatic rings. The van der Waals surface area contributed by atoms with Crippen molar-refractivity contribution in [1.29, 1.82) is 0 Å². The summed E-state index contributed by atoms with van der Waals surface area (Å²) in [5.74, 6) is 1.16. The molecule has 19 heavy (non-hydrogen) atoms. The molecule has 1 heterocycles. The molecule has 0 aliphatic rings. The number of ether oxygens (including phenoxy) is 2. The number of halogens is 1. The van der Waals surface area contributed by atoms with Gasteiger partial charge in [0.05, 0.1) is 22.9 Å². The number of hydrogen-bond donors (Lipinski definition) is 0. The average Bonchev–Trinajstić information content (AvgIpc) is 2.77. The number of methoxy groups -OCH3 is 2. The van der Waals surface area contributed by atoms with E-state index in [-0.39, 0.29) is 5.78 Å². The third kappa shape index (κ3) is 2.82. The number of carbonyl (C=O) groups excluding carboxylic acids is 1. The van der Waals surface area contributed by atoms with E-state index < -0.39 is 0 Å². The smallest absolute Gasteiger partial charge is 0.203 e. The quantitative estimate of drug-likeness (QED) is 0.787. The van der Waals surface area contributed by atoms with Gasteiger partial charge in [0.25, 0.3) is 0 Å². The van der Waals surface area contributed by atoms with Crippen molar-refractivity contribution < 1.29 is 14.3 Å². The number of hydrogen-bond acceptors (Lipinski definition) is 4. The van der Waals surface area contributed by atoms with Crippen molar-refractivity contribution in [2.75, 3.05) is 14.2 Å². The molecule has 0 radical (unpaired) electrons. The molecule has 0 spiro atoms. The lowest BCUT2D eigenvalue weighted by molar-refractivity contribution is 0.104. The summed E-state index contributed by atoms with van der Waals surface area (Å²) in [6.45, 7) is 1.96. The minimum absolute atomic E-state index is 0.0141. The summed E-state index contributed by atoms with van der Waals surface area (Å²) < 4.78 is 11.4. The van der Waals surface area contributed by atoms with Gasteiger partial charge >= 0.3 is 0 Å². The second-order valence-electron chi connectivity index (χ2n) is 3.97. The number of ketones is 1. The standard InChI is InChI=1S/C14H13BrO3S/c1-8-6-12(19-14(8)15)13(16)9-4-5-10(17-2)11(7-9)18-3/h4-7H,1-3H3. The fourth-order valence-electron chi connectivity index (χ4n) is 1.69. The minimum atomic E-state index is -0.0141. The Morgan fingerprint density at radius 1 is 1.16 bits per heavy atom. The van der Waals surface area contributed by atoms with Crippen LogP contribution in [0.3, 0.4) is 0 Å². The largest absolute Gasteiger partial charge is 0.493 e. The van der Waals surface area contributed by atoms with Crippen LogP contribution in [0, 0.1) is 6.92 Å². The molecule has 2 rings (SSSR count). The van der Waals surface area contributed by atoms with Gasteiger partial charge in [-0.2, -0.15) is 0 Å². The summed E-state index contributed by atoms with van der Waals surface area (Å²) in [5, 5.41) is 0. The highest BCUT2D eigenvalue weighted by molar-refractivity contribution is 9.11. The van der Waals surface area contributed by atoms with Crippen molar-refractivity contribution in [2.24, 2.45) is 0 Å². The zero-order chi connectivity index (χ0) is 14.0. The topological polar surface area (TPSA) is 35.5 Å². The Kier molecular flexibility index (Phi) is 4.27. The molecule has 0 N–H and O–H groups in total. The molecule has 0 aliphatic carbocycles. The SMILES string of the molecule is COc1ccc(C(=O)c2cc(C)c(Br)s2)cc1OC. The van der Waals surface area contributed by atoms with Crippen LogP contribution in [-0.2, 0) is 0 Å². The van der Waals surface area contributed by atoms with E-state index in [1.807, 2.05) is 13.0 Å². The summed E-state index contributed by atoms with van der Waals surface area (Å²) in [5.41, 5.74) is 1.65. The van der Waals surface area contributed by atoms with Gasteiger partial charge < -0.3 is 9.47 Å². The van der Waals surface area contributed by atoms with Crippen LogP contribution in [0.15, 0.2) is 28.1 Å². The third-order valence-corrected chi connectivity index (χ3v) is 4.86. The molecule has 1 aromatic carbocycles. The summed E-state index contributed by atoms with van der Waals surface area (Å²) >= 11 is 4.87. The molecular weight excluding hydrogens is 328 g/mol. The maximum absolute atomic E-state index is 12.4. The van der Waals surface area contributed by atoms with Crippen molar-refractivity contribution >= 4 is 33.0 Å². The first-order valence-corrected chi connectivity index (χ1v) is 7.20. The maximum atomic E-state index is 12.4. The van der Waals surface area contributed by atoms with Crippen molar-refractivity contribution in [3.05, 3.63) is 44.1 Å². The monoisotopic (exact) mass is 340 g/mol. The van der Waals surface area contributed by atoms with Gasteiger partial charge in [0.2, 0.25) is 5.78 Å². The molecule has 0 bridgehead atoms. The van der Waals surface area contributed by atoms with Crippen LogP contribution in [0.4, 0.5) is 0 Å².